The van der Waals surface area contributed by atoms with Crippen LogP contribution in [0.1, 0.15) is 5.56 Å². The lowest BCUT2D eigenvalue weighted by Gasteiger charge is -2.10. The second kappa shape index (κ2) is 8.24. The Balaban J connectivity index is 1.73. The lowest BCUT2D eigenvalue weighted by atomic mass is 10.0. The highest BCUT2D eigenvalue weighted by atomic mass is 19.1. The van der Waals surface area contributed by atoms with E-state index in [1.807, 2.05) is 12.1 Å². The second-order valence-electron chi connectivity index (χ2n) is 6.79. The highest BCUT2D eigenvalue weighted by Gasteiger charge is 2.21. The van der Waals surface area contributed by atoms with Crippen LogP contribution in [0.4, 0.5) is 14.6 Å². The Labute approximate surface area is 172 Å². The van der Waals surface area contributed by atoms with Crippen LogP contribution in [0.5, 0.6) is 0 Å². The summed E-state index contributed by atoms with van der Waals surface area (Å²) in [7, 11) is 1.72. The number of hydrogen-bond acceptors (Lipinski definition) is 3. The van der Waals surface area contributed by atoms with Gasteiger partial charge in [0.05, 0.1) is 12.0 Å². The number of aryl methyl sites for hydroxylation is 1. The number of rotatable bonds is 5. The number of carbonyl (C=O) groups is 1. The summed E-state index contributed by atoms with van der Waals surface area (Å²) in [5, 5.41) is 7.45. The lowest BCUT2D eigenvalue weighted by Crippen LogP contribution is -2.17. The van der Waals surface area contributed by atoms with Crippen molar-refractivity contribution < 1.29 is 13.6 Å². The summed E-state index contributed by atoms with van der Waals surface area (Å²) in [6.07, 6.45) is 3.31. The van der Waals surface area contributed by atoms with Crippen LogP contribution in [0.2, 0.25) is 0 Å². The van der Waals surface area contributed by atoms with E-state index in [-0.39, 0.29) is 18.1 Å². The monoisotopic (exact) mass is 404 g/mol. The van der Waals surface area contributed by atoms with E-state index in [1.165, 1.54) is 24.3 Å². The predicted molar refractivity (Wildman–Crippen MR) is 111 cm³/mol. The van der Waals surface area contributed by atoms with E-state index in [0.717, 1.165) is 5.56 Å². The summed E-state index contributed by atoms with van der Waals surface area (Å²) in [4.78, 5) is 16.7. The fourth-order valence-electron chi connectivity index (χ4n) is 3.28. The zero-order valence-corrected chi connectivity index (χ0v) is 16.1. The van der Waals surface area contributed by atoms with Gasteiger partial charge in [-0.1, -0.05) is 12.1 Å². The first-order valence-corrected chi connectivity index (χ1v) is 9.29. The zero-order valence-electron chi connectivity index (χ0n) is 16.1. The highest BCUT2D eigenvalue weighted by Crippen LogP contribution is 2.37. The molecule has 0 atom stereocenters. The van der Waals surface area contributed by atoms with Gasteiger partial charge < -0.3 is 5.32 Å². The van der Waals surface area contributed by atoms with Gasteiger partial charge in [-0.15, -0.1) is 0 Å². The maximum Gasteiger partial charge on any atom is 0.229 e. The van der Waals surface area contributed by atoms with E-state index in [9.17, 15) is 13.6 Å². The van der Waals surface area contributed by atoms with Gasteiger partial charge in [-0.2, -0.15) is 5.10 Å². The van der Waals surface area contributed by atoms with Crippen molar-refractivity contribution in [3.05, 3.63) is 90.3 Å². The minimum absolute atomic E-state index is 0.0185. The molecule has 0 radical (unpaired) electrons. The first-order chi connectivity index (χ1) is 14.5. The molecule has 1 amide bonds. The minimum Gasteiger partial charge on any atom is -0.310 e. The van der Waals surface area contributed by atoms with Crippen molar-refractivity contribution in [1.29, 1.82) is 0 Å². The van der Waals surface area contributed by atoms with Crippen molar-refractivity contribution in [2.24, 2.45) is 7.05 Å². The van der Waals surface area contributed by atoms with Crippen molar-refractivity contribution in [3.8, 4) is 22.4 Å². The number of halogens is 2. The van der Waals surface area contributed by atoms with Gasteiger partial charge in [0.25, 0.3) is 0 Å². The summed E-state index contributed by atoms with van der Waals surface area (Å²) in [6.45, 7) is 0. The fourth-order valence-corrected chi connectivity index (χ4v) is 3.28. The summed E-state index contributed by atoms with van der Waals surface area (Å²) in [5.41, 5.74) is 3.38. The third-order valence-corrected chi connectivity index (χ3v) is 4.65. The highest BCUT2D eigenvalue weighted by molar-refractivity contribution is 5.99. The van der Waals surface area contributed by atoms with Crippen molar-refractivity contribution in [1.82, 2.24) is 14.8 Å². The SMILES string of the molecule is Cn1nc(-c2ccc(F)cc2)c(-c2ccncc2)c1NC(=O)Cc1cccc(F)c1. The first-order valence-electron chi connectivity index (χ1n) is 9.29. The molecule has 2 aromatic carbocycles. The molecule has 0 bridgehead atoms. The normalized spacial score (nSPS) is 10.8. The number of carbonyl (C=O) groups excluding carboxylic acids is 1. The van der Waals surface area contributed by atoms with Crippen LogP contribution in [0.3, 0.4) is 0 Å². The number of aromatic nitrogens is 3. The summed E-state index contributed by atoms with van der Waals surface area (Å²) >= 11 is 0. The molecule has 2 aromatic heterocycles. The Morgan fingerprint density at radius 3 is 2.40 bits per heavy atom. The Bertz CT molecular complexity index is 1190. The Hall–Kier alpha value is -3.87. The molecular formula is C23H18F2N4O. The van der Waals surface area contributed by atoms with Gasteiger partial charge in [0.2, 0.25) is 5.91 Å². The van der Waals surface area contributed by atoms with Gasteiger partial charge in [0, 0.05) is 25.0 Å². The fraction of sp³-hybridized carbons (Fsp3) is 0.0870. The molecular weight excluding hydrogens is 386 g/mol. The zero-order chi connectivity index (χ0) is 21.1. The van der Waals surface area contributed by atoms with Crippen molar-refractivity contribution in [2.75, 3.05) is 5.32 Å². The van der Waals surface area contributed by atoms with Gasteiger partial charge >= 0.3 is 0 Å². The van der Waals surface area contributed by atoms with E-state index in [4.69, 9.17) is 0 Å². The molecule has 0 aliphatic heterocycles. The quantitative estimate of drug-likeness (QED) is 0.529. The van der Waals surface area contributed by atoms with Crippen LogP contribution < -0.4 is 5.32 Å². The van der Waals surface area contributed by atoms with Crippen molar-refractivity contribution in [2.45, 2.75) is 6.42 Å². The summed E-state index contributed by atoms with van der Waals surface area (Å²) in [6, 6.07) is 15.6. The number of amides is 1. The standard InChI is InChI=1S/C23H18F2N4O/c1-29-23(27-20(30)14-15-3-2-4-19(25)13-15)21(16-9-11-26-12-10-16)22(28-29)17-5-7-18(24)8-6-17/h2-13H,14H2,1H3,(H,27,30). The molecule has 150 valence electrons. The molecule has 0 aliphatic carbocycles. The Morgan fingerprint density at radius 1 is 0.967 bits per heavy atom. The smallest absolute Gasteiger partial charge is 0.229 e. The van der Waals surface area contributed by atoms with Gasteiger partial charge in [0.1, 0.15) is 23.1 Å². The van der Waals surface area contributed by atoms with Gasteiger partial charge in [0.15, 0.2) is 0 Å². The number of anilines is 1. The van der Waals surface area contributed by atoms with E-state index in [2.05, 4.69) is 15.4 Å². The van der Waals surface area contributed by atoms with Crippen molar-refractivity contribution >= 4 is 11.7 Å². The number of pyridine rings is 1. The number of nitrogens with zero attached hydrogens (tertiary/aromatic N) is 3. The average molecular weight is 404 g/mol. The second-order valence-corrected chi connectivity index (χ2v) is 6.79. The average Bonchev–Trinajstić information content (AvgIpc) is 3.05. The molecule has 0 fully saturated rings. The van der Waals surface area contributed by atoms with Crippen LogP contribution in [-0.4, -0.2) is 20.7 Å². The van der Waals surface area contributed by atoms with Crippen LogP contribution >= 0.6 is 0 Å². The molecule has 0 spiro atoms. The largest absolute Gasteiger partial charge is 0.310 e. The molecule has 4 aromatic rings. The molecule has 0 aliphatic rings. The predicted octanol–water partition coefficient (Wildman–Crippen LogP) is 4.61. The molecule has 2 heterocycles. The molecule has 0 saturated heterocycles. The number of hydrogen-bond donors (Lipinski definition) is 1. The minimum atomic E-state index is -0.392. The van der Waals surface area contributed by atoms with E-state index >= 15 is 0 Å². The van der Waals surface area contributed by atoms with E-state index in [0.29, 0.717) is 28.2 Å². The number of nitrogens with one attached hydrogen (secondary N) is 1. The van der Waals surface area contributed by atoms with Gasteiger partial charge in [-0.3, -0.25) is 14.5 Å². The summed E-state index contributed by atoms with van der Waals surface area (Å²) in [5.74, 6) is -0.549. The molecule has 0 saturated carbocycles. The first kappa shape index (κ1) is 19.4. The van der Waals surface area contributed by atoms with Crippen LogP contribution in [-0.2, 0) is 18.3 Å². The maximum atomic E-state index is 13.4. The van der Waals surface area contributed by atoms with E-state index in [1.54, 1.807) is 48.4 Å². The van der Waals surface area contributed by atoms with Gasteiger partial charge in [-0.25, -0.2) is 8.78 Å². The molecule has 1 N–H and O–H groups in total. The third-order valence-electron chi connectivity index (χ3n) is 4.65. The summed E-state index contributed by atoms with van der Waals surface area (Å²) < 4.78 is 28.4. The number of benzene rings is 2. The Morgan fingerprint density at radius 2 is 1.70 bits per heavy atom. The molecule has 30 heavy (non-hydrogen) atoms. The lowest BCUT2D eigenvalue weighted by molar-refractivity contribution is -0.115. The molecule has 0 unspecified atom stereocenters. The Kier molecular flexibility index (Phi) is 5.34. The molecule has 5 nitrogen and oxygen atoms in total. The van der Waals surface area contributed by atoms with Crippen molar-refractivity contribution in [3.63, 3.8) is 0 Å². The topological polar surface area (TPSA) is 59.8 Å². The van der Waals surface area contributed by atoms with E-state index < -0.39 is 5.82 Å². The maximum absolute atomic E-state index is 13.4. The molecule has 4 rings (SSSR count). The van der Waals surface area contributed by atoms with Gasteiger partial charge in [-0.05, 0) is 59.7 Å². The van der Waals surface area contributed by atoms with Crippen LogP contribution in [0.25, 0.3) is 22.4 Å². The van der Waals surface area contributed by atoms with Crippen LogP contribution in [0, 0.1) is 11.6 Å². The molecule has 7 heteroatoms. The van der Waals surface area contributed by atoms with Crippen LogP contribution in [0.15, 0.2) is 73.1 Å². The third kappa shape index (κ3) is 4.10.